The molecule has 2 N–H and O–H groups in total. The highest BCUT2D eigenvalue weighted by atomic mass is 35.5. The number of carbonyl (C=O) groups excluding carboxylic acids is 1. The number of nitro groups is 1. The molecule has 0 aliphatic carbocycles. The summed E-state index contributed by atoms with van der Waals surface area (Å²) in [5.41, 5.74) is 1.02. The fourth-order valence-corrected chi connectivity index (χ4v) is 1.57. The second-order valence-electron chi connectivity index (χ2n) is 4.19. The van der Waals surface area contributed by atoms with Crippen LogP contribution < -0.4 is 10.6 Å². The van der Waals surface area contributed by atoms with Crippen LogP contribution in [0.2, 0.25) is 0 Å². The minimum absolute atomic E-state index is 0. The molecule has 1 rings (SSSR count). The Hall–Kier alpha value is -1.70. The van der Waals surface area contributed by atoms with Crippen molar-refractivity contribution in [3.05, 3.63) is 39.9 Å². The number of nitrogens with zero attached hydrogens (tertiary/aromatic N) is 1. The van der Waals surface area contributed by atoms with Gasteiger partial charge in [-0.2, -0.15) is 0 Å². The Kier molecular flexibility index (Phi) is 10.1. The molecule has 1 aromatic rings. The zero-order valence-electron chi connectivity index (χ0n) is 11.8. The maximum atomic E-state index is 11.4. The topological polar surface area (TPSA) is 93.5 Å². The van der Waals surface area contributed by atoms with E-state index in [0.717, 1.165) is 5.56 Å². The van der Waals surface area contributed by atoms with E-state index in [9.17, 15) is 14.9 Å². The Morgan fingerprint density at radius 1 is 1.29 bits per heavy atom. The van der Waals surface area contributed by atoms with Crippen molar-refractivity contribution in [2.45, 2.75) is 6.42 Å². The highest BCUT2D eigenvalue weighted by Gasteiger charge is 2.04. The number of amides is 1. The average molecular weight is 318 g/mol. The van der Waals surface area contributed by atoms with E-state index in [1.807, 2.05) is 0 Å². The number of halogens is 1. The molecule has 1 aromatic carbocycles. The summed E-state index contributed by atoms with van der Waals surface area (Å²) in [5, 5.41) is 16.2. The lowest BCUT2D eigenvalue weighted by atomic mass is 10.1. The first-order chi connectivity index (χ1) is 9.63. The average Bonchev–Trinajstić information content (AvgIpc) is 2.44. The molecule has 0 unspecified atom stereocenters. The SMILES string of the molecule is COCCNCC(=O)NCCc1ccc([N+](=O)[O-])cc1.Cl. The Labute approximate surface area is 129 Å². The summed E-state index contributed by atoms with van der Waals surface area (Å²) in [6.07, 6.45) is 0.641. The van der Waals surface area contributed by atoms with Crippen LogP contribution >= 0.6 is 12.4 Å². The molecule has 1 amide bonds. The third kappa shape index (κ3) is 8.23. The quantitative estimate of drug-likeness (QED) is 0.401. The van der Waals surface area contributed by atoms with Crippen molar-refractivity contribution in [1.82, 2.24) is 10.6 Å². The van der Waals surface area contributed by atoms with Crippen LogP contribution in [0.4, 0.5) is 5.69 Å². The summed E-state index contributed by atoms with van der Waals surface area (Å²) >= 11 is 0. The zero-order chi connectivity index (χ0) is 14.8. The van der Waals surface area contributed by atoms with Gasteiger partial charge in [0.25, 0.3) is 5.69 Å². The van der Waals surface area contributed by atoms with Crippen molar-refractivity contribution in [1.29, 1.82) is 0 Å². The molecule has 0 spiro atoms. The van der Waals surface area contributed by atoms with E-state index >= 15 is 0 Å². The van der Waals surface area contributed by atoms with E-state index in [1.165, 1.54) is 12.1 Å². The monoisotopic (exact) mass is 317 g/mol. The molecule has 0 bridgehead atoms. The molecule has 0 atom stereocenters. The first-order valence-electron chi connectivity index (χ1n) is 6.33. The molecular weight excluding hydrogens is 298 g/mol. The molecule has 7 nitrogen and oxygen atoms in total. The molecule has 0 saturated heterocycles. The van der Waals surface area contributed by atoms with Gasteiger partial charge in [-0.3, -0.25) is 14.9 Å². The first kappa shape index (κ1) is 19.3. The zero-order valence-corrected chi connectivity index (χ0v) is 12.6. The molecule has 0 saturated carbocycles. The van der Waals surface area contributed by atoms with Gasteiger partial charge in [-0.1, -0.05) is 12.1 Å². The molecule has 0 aliphatic rings. The molecular formula is C13H20ClN3O4. The minimum Gasteiger partial charge on any atom is -0.383 e. The summed E-state index contributed by atoms with van der Waals surface area (Å²) in [6, 6.07) is 6.31. The Bertz CT molecular complexity index is 440. The third-order valence-electron chi connectivity index (χ3n) is 2.65. The Morgan fingerprint density at radius 3 is 2.52 bits per heavy atom. The normalized spacial score (nSPS) is 9.76. The number of hydrogen-bond donors (Lipinski definition) is 2. The van der Waals surface area contributed by atoms with Crippen LogP contribution in [0.5, 0.6) is 0 Å². The van der Waals surface area contributed by atoms with Crippen molar-refractivity contribution in [2.24, 2.45) is 0 Å². The lowest BCUT2D eigenvalue weighted by molar-refractivity contribution is -0.384. The number of rotatable bonds is 9. The summed E-state index contributed by atoms with van der Waals surface area (Å²) in [4.78, 5) is 21.5. The maximum Gasteiger partial charge on any atom is 0.269 e. The molecule has 21 heavy (non-hydrogen) atoms. The van der Waals surface area contributed by atoms with E-state index in [1.54, 1.807) is 19.2 Å². The molecule has 0 aromatic heterocycles. The number of hydrogen-bond acceptors (Lipinski definition) is 5. The second-order valence-corrected chi connectivity index (χ2v) is 4.19. The number of benzene rings is 1. The van der Waals surface area contributed by atoms with Crippen LogP contribution in [0.15, 0.2) is 24.3 Å². The van der Waals surface area contributed by atoms with Crippen LogP contribution in [0, 0.1) is 10.1 Å². The van der Waals surface area contributed by atoms with Gasteiger partial charge in [-0.15, -0.1) is 12.4 Å². The van der Waals surface area contributed by atoms with E-state index in [4.69, 9.17) is 4.74 Å². The third-order valence-corrected chi connectivity index (χ3v) is 2.65. The maximum absolute atomic E-state index is 11.4. The van der Waals surface area contributed by atoms with Gasteiger partial charge in [-0.25, -0.2) is 0 Å². The number of non-ortho nitro benzene ring substituents is 1. The van der Waals surface area contributed by atoms with Gasteiger partial charge in [0.15, 0.2) is 0 Å². The molecule has 0 aliphatic heterocycles. The van der Waals surface area contributed by atoms with E-state index in [2.05, 4.69) is 10.6 Å². The number of ether oxygens (including phenoxy) is 1. The fourth-order valence-electron chi connectivity index (χ4n) is 1.57. The molecule has 0 radical (unpaired) electrons. The van der Waals surface area contributed by atoms with Crippen molar-refractivity contribution < 1.29 is 14.5 Å². The predicted molar refractivity (Wildman–Crippen MR) is 81.8 cm³/mol. The van der Waals surface area contributed by atoms with Crippen LogP contribution in [0.1, 0.15) is 5.56 Å². The van der Waals surface area contributed by atoms with Gasteiger partial charge in [0.1, 0.15) is 0 Å². The summed E-state index contributed by atoms with van der Waals surface area (Å²) in [7, 11) is 1.60. The first-order valence-corrected chi connectivity index (χ1v) is 6.33. The van der Waals surface area contributed by atoms with Crippen LogP contribution in [0.25, 0.3) is 0 Å². The summed E-state index contributed by atoms with van der Waals surface area (Å²) in [6.45, 7) is 1.95. The Balaban J connectivity index is 0.00000400. The van der Waals surface area contributed by atoms with E-state index < -0.39 is 4.92 Å². The fraction of sp³-hybridized carbons (Fsp3) is 0.462. The van der Waals surface area contributed by atoms with Crippen LogP contribution in [-0.4, -0.2) is 44.2 Å². The van der Waals surface area contributed by atoms with Crippen LogP contribution in [-0.2, 0) is 16.0 Å². The number of nitro benzene ring substituents is 1. The number of methoxy groups -OCH3 is 1. The highest BCUT2D eigenvalue weighted by molar-refractivity contribution is 5.85. The van der Waals surface area contributed by atoms with Gasteiger partial charge in [0.05, 0.1) is 18.1 Å². The predicted octanol–water partition coefficient (Wildman–Crippen LogP) is 0.911. The second kappa shape index (κ2) is 11.0. The summed E-state index contributed by atoms with van der Waals surface area (Å²) < 4.78 is 4.85. The molecule has 0 fully saturated rings. The lowest BCUT2D eigenvalue weighted by Crippen LogP contribution is -2.36. The van der Waals surface area contributed by atoms with Crippen LogP contribution in [0.3, 0.4) is 0 Å². The van der Waals surface area contributed by atoms with Gasteiger partial charge >= 0.3 is 0 Å². The van der Waals surface area contributed by atoms with Gasteiger partial charge in [0, 0.05) is 32.3 Å². The molecule has 8 heteroatoms. The Morgan fingerprint density at radius 2 is 1.95 bits per heavy atom. The largest absolute Gasteiger partial charge is 0.383 e. The van der Waals surface area contributed by atoms with Crippen molar-refractivity contribution in [3.8, 4) is 0 Å². The number of carbonyl (C=O) groups is 1. The van der Waals surface area contributed by atoms with Crippen molar-refractivity contribution in [3.63, 3.8) is 0 Å². The van der Waals surface area contributed by atoms with Gasteiger partial charge < -0.3 is 15.4 Å². The highest BCUT2D eigenvalue weighted by Crippen LogP contribution is 2.11. The van der Waals surface area contributed by atoms with Gasteiger partial charge in [-0.05, 0) is 12.0 Å². The minimum atomic E-state index is -0.433. The lowest BCUT2D eigenvalue weighted by Gasteiger charge is -2.06. The molecule has 0 heterocycles. The van der Waals surface area contributed by atoms with Crippen molar-refractivity contribution in [2.75, 3.05) is 33.4 Å². The van der Waals surface area contributed by atoms with Gasteiger partial charge in [0.2, 0.25) is 5.91 Å². The number of nitrogens with one attached hydrogen (secondary N) is 2. The summed E-state index contributed by atoms with van der Waals surface area (Å²) in [5.74, 6) is -0.0805. The van der Waals surface area contributed by atoms with E-state index in [0.29, 0.717) is 26.1 Å². The molecule has 118 valence electrons. The van der Waals surface area contributed by atoms with E-state index in [-0.39, 0.29) is 30.5 Å². The van der Waals surface area contributed by atoms with Crippen molar-refractivity contribution >= 4 is 24.0 Å². The standard InChI is InChI=1S/C13H19N3O4.ClH/c1-20-9-8-14-10-13(17)15-7-6-11-2-4-12(5-3-11)16(18)19;/h2-5,14H,6-10H2,1H3,(H,15,17);1H. The smallest absolute Gasteiger partial charge is 0.269 e.